The first-order valence-corrected chi connectivity index (χ1v) is 13.7. The topological polar surface area (TPSA) is 120 Å². The van der Waals surface area contributed by atoms with Gasteiger partial charge in [0.05, 0.1) is 36.2 Å². The molecule has 3 aromatic rings. The van der Waals surface area contributed by atoms with E-state index in [1.807, 2.05) is 53.4 Å². The van der Waals surface area contributed by atoms with Gasteiger partial charge in [-0.15, -0.1) is 0 Å². The summed E-state index contributed by atoms with van der Waals surface area (Å²) in [7, 11) is 2.94. The van der Waals surface area contributed by atoms with Gasteiger partial charge in [0.15, 0.2) is 0 Å². The van der Waals surface area contributed by atoms with Crippen molar-refractivity contribution in [3.8, 4) is 0 Å². The first-order chi connectivity index (χ1) is 20.3. The molecule has 0 radical (unpaired) electrons. The normalized spacial score (nSPS) is 15.9. The Kier molecular flexibility index (Phi) is 8.35. The van der Waals surface area contributed by atoms with Crippen molar-refractivity contribution in [1.29, 1.82) is 0 Å². The molecular formula is C32H33N5O5. The molecule has 3 N–H and O–H groups in total. The summed E-state index contributed by atoms with van der Waals surface area (Å²) in [5, 5.41) is 8.92. The molecule has 0 saturated carbocycles. The van der Waals surface area contributed by atoms with Crippen LogP contribution in [-0.2, 0) is 14.3 Å². The molecule has 0 aromatic heterocycles. The second-order valence-electron chi connectivity index (χ2n) is 10.2. The lowest BCUT2D eigenvalue weighted by molar-refractivity contribution is -0.122. The van der Waals surface area contributed by atoms with Crippen LogP contribution in [0.15, 0.2) is 66.7 Å². The van der Waals surface area contributed by atoms with Crippen LogP contribution in [0, 0.1) is 6.92 Å². The molecule has 2 aliphatic heterocycles. The molecule has 10 nitrogen and oxygen atoms in total. The van der Waals surface area contributed by atoms with Gasteiger partial charge in [0.1, 0.15) is 0 Å². The van der Waals surface area contributed by atoms with Crippen molar-refractivity contribution in [2.75, 3.05) is 57.5 Å². The van der Waals surface area contributed by atoms with Gasteiger partial charge in [0.2, 0.25) is 5.91 Å². The number of likely N-dealkylation sites (N-methyl/N-ethyl adjacent to an activating group) is 1. The number of rotatable bonds is 7. The van der Waals surface area contributed by atoms with Gasteiger partial charge in [0.25, 0.3) is 11.8 Å². The van der Waals surface area contributed by atoms with Gasteiger partial charge < -0.3 is 25.6 Å². The van der Waals surface area contributed by atoms with Gasteiger partial charge in [-0.25, -0.2) is 4.79 Å². The molecule has 2 heterocycles. The third-order valence-electron chi connectivity index (χ3n) is 7.53. The quantitative estimate of drug-likeness (QED) is 0.296. The van der Waals surface area contributed by atoms with Crippen LogP contribution in [0.5, 0.6) is 0 Å². The van der Waals surface area contributed by atoms with E-state index in [1.165, 1.54) is 7.11 Å². The number of methoxy groups -OCH3 is 1. The van der Waals surface area contributed by atoms with Crippen LogP contribution in [0.4, 0.5) is 11.4 Å². The largest absolute Gasteiger partial charge is 0.465 e. The SMILES string of the molecule is CNC(=O)CN1CCN(C(=O)c2ccc(NC(=C3C(=O)Nc4cc(C(=O)OC)c(C)cc43)c3ccccc3)cc2)CC1. The maximum atomic E-state index is 13.3. The number of esters is 1. The minimum atomic E-state index is -0.469. The lowest BCUT2D eigenvalue weighted by atomic mass is 9.96. The van der Waals surface area contributed by atoms with E-state index in [1.54, 1.807) is 37.1 Å². The second kappa shape index (κ2) is 12.3. The summed E-state index contributed by atoms with van der Waals surface area (Å²) in [5.41, 5.74) is 5.42. The molecular weight excluding hydrogens is 534 g/mol. The van der Waals surface area contributed by atoms with E-state index in [4.69, 9.17) is 4.74 Å². The van der Waals surface area contributed by atoms with Crippen molar-refractivity contribution in [2.45, 2.75) is 6.92 Å². The summed E-state index contributed by atoms with van der Waals surface area (Å²) in [6, 6.07) is 20.2. The average Bonchev–Trinajstić information content (AvgIpc) is 3.33. The summed E-state index contributed by atoms with van der Waals surface area (Å²) >= 11 is 0. The number of nitrogens with one attached hydrogen (secondary N) is 3. The van der Waals surface area contributed by atoms with Gasteiger partial charge in [-0.3, -0.25) is 19.3 Å². The highest BCUT2D eigenvalue weighted by Crippen LogP contribution is 2.39. The zero-order valence-corrected chi connectivity index (χ0v) is 23.8. The molecule has 3 aromatic carbocycles. The molecule has 0 atom stereocenters. The number of piperazine rings is 1. The van der Waals surface area contributed by atoms with Crippen LogP contribution in [0.2, 0.25) is 0 Å². The van der Waals surface area contributed by atoms with Crippen LogP contribution in [-0.4, -0.2) is 80.4 Å². The number of amides is 3. The molecule has 0 spiro atoms. The van der Waals surface area contributed by atoms with Gasteiger partial charge >= 0.3 is 5.97 Å². The summed E-state index contributed by atoms with van der Waals surface area (Å²) in [6.45, 7) is 4.50. The second-order valence-corrected chi connectivity index (χ2v) is 10.2. The zero-order chi connectivity index (χ0) is 29.8. The molecule has 0 bridgehead atoms. The summed E-state index contributed by atoms with van der Waals surface area (Å²) in [6.07, 6.45) is 0. The molecule has 1 fully saturated rings. The molecule has 5 rings (SSSR count). The predicted octanol–water partition coefficient (Wildman–Crippen LogP) is 3.22. The van der Waals surface area contributed by atoms with Crippen LogP contribution >= 0.6 is 0 Å². The highest BCUT2D eigenvalue weighted by molar-refractivity contribution is 6.37. The summed E-state index contributed by atoms with van der Waals surface area (Å²) in [4.78, 5) is 54.2. The number of anilines is 2. The first-order valence-electron chi connectivity index (χ1n) is 13.7. The Morgan fingerprint density at radius 2 is 1.62 bits per heavy atom. The Hall–Kier alpha value is -4.96. The van der Waals surface area contributed by atoms with Crippen LogP contribution in [0.1, 0.15) is 37.4 Å². The number of nitrogens with zero attached hydrogens (tertiary/aromatic N) is 2. The lowest BCUT2D eigenvalue weighted by Gasteiger charge is -2.34. The third kappa shape index (κ3) is 5.89. The predicted molar refractivity (Wildman–Crippen MR) is 161 cm³/mol. The summed E-state index contributed by atoms with van der Waals surface area (Å²) in [5.74, 6) is -0.866. The highest BCUT2D eigenvalue weighted by Gasteiger charge is 2.30. The number of benzene rings is 3. The maximum absolute atomic E-state index is 13.3. The molecule has 3 amide bonds. The molecule has 42 heavy (non-hydrogen) atoms. The average molecular weight is 568 g/mol. The number of carbonyl (C=O) groups excluding carboxylic acids is 4. The molecule has 1 saturated heterocycles. The minimum absolute atomic E-state index is 0.0395. The smallest absolute Gasteiger partial charge is 0.338 e. The van der Waals surface area contributed by atoms with E-state index in [2.05, 4.69) is 16.0 Å². The Labute approximate surface area is 244 Å². The zero-order valence-electron chi connectivity index (χ0n) is 23.8. The van der Waals surface area contributed by atoms with E-state index in [0.717, 1.165) is 5.56 Å². The number of hydrogen-bond donors (Lipinski definition) is 3. The molecule has 10 heteroatoms. The van der Waals surface area contributed by atoms with E-state index in [-0.39, 0.29) is 17.7 Å². The summed E-state index contributed by atoms with van der Waals surface area (Å²) < 4.78 is 4.89. The fraction of sp³-hybridized carbons (Fsp3) is 0.250. The van der Waals surface area contributed by atoms with Crippen molar-refractivity contribution in [1.82, 2.24) is 15.1 Å². The molecule has 2 aliphatic rings. The van der Waals surface area contributed by atoms with Crippen LogP contribution < -0.4 is 16.0 Å². The van der Waals surface area contributed by atoms with E-state index < -0.39 is 5.97 Å². The standard InChI is InChI=1S/C32H33N5O5/c1-20-17-25-26(18-24(20)32(41)42-3)35-30(39)28(25)29(21-7-5-4-6-8-21)34-23-11-9-22(10-12-23)31(40)37-15-13-36(14-16-37)19-27(38)33-2/h4-12,17-18,34H,13-16,19H2,1-3H3,(H,33,38)(H,35,39). The van der Waals surface area contributed by atoms with Gasteiger partial charge in [0, 0.05) is 50.0 Å². The van der Waals surface area contributed by atoms with Crippen LogP contribution in [0.25, 0.3) is 11.3 Å². The van der Waals surface area contributed by atoms with Gasteiger partial charge in [-0.1, -0.05) is 30.3 Å². The van der Waals surface area contributed by atoms with E-state index in [9.17, 15) is 19.2 Å². The van der Waals surface area contributed by atoms with Crippen molar-refractivity contribution < 1.29 is 23.9 Å². The Bertz CT molecular complexity index is 1560. The number of fused-ring (bicyclic) bond motifs is 1. The van der Waals surface area contributed by atoms with Crippen molar-refractivity contribution in [3.05, 3.63) is 94.5 Å². The fourth-order valence-electron chi connectivity index (χ4n) is 5.20. The van der Waals surface area contributed by atoms with E-state index >= 15 is 0 Å². The van der Waals surface area contributed by atoms with Crippen LogP contribution in [0.3, 0.4) is 0 Å². The third-order valence-corrected chi connectivity index (χ3v) is 7.53. The number of carbonyl (C=O) groups is 4. The monoisotopic (exact) mass is 567 g/mol. The van der Waals surface area contributed by atoms with Gasteiger partial charge in [-0.2, -0.15) is 0 Å². The Morgan fingerprint density at radius 3 is 2.26 bits per heavy atom. The van der Waals surface area contributed by atoms with Crippen molar-refractivity contribution in [3.63, 3.8) is 0 Å². The van der Waals surface area contributed by atoms with Gasteiger partial charge in [-0.05, 0) is 54.4 Å². The van der Waals surface area contributed by atoms with E-state index in [0.29, 0.717) is 77.6 Å². The number of aryl methyl sites for hydroxylation is 1. The highest BCUT2D eigenvalue weighted by atomic mass is 16.5. The Morgan fingerprint density at radius 1 is 0.929 bits per heavy atom. The fourth-order valence-corrected chi connectivity index (χ4v) is 5.20. The molecule has 216 valence electrons. The number of hydrogen-bond acceptors (Lipinski definition) is 7. The first kappa shape index (κ1) is 28.6. The lowest BCUT2D eigenvalue weighted by Crippen LogP contribution is -2.50. The maximum Gasteiger partial charge on any atom is 0.338 e. The Balaban J connectivity index is 1.40. The van der Waals surface area contributed by atoms with Crippen molar-refractivity contribution >= 4 is 46.3 Å². The molecule has 0 aliphatic carbocycles. The molecule has 0 unspecified atom stereocenters. The number of ether oxygens (including phenoxy) is 1. The van der Waals surface area contributed by atoms with Crippen molar-refractivity contribution in [2.24, 2.45) is 0 Å². The minimum Gasteiger partial charge on any atom is -0.465 e.